The Bertz CT molecular complexity index is 2980. The highest BCUT2D eigenvalue weighted by molar-refractivity contribution is 6.29. The molecule has 50 heavy (non-hydrogen) atoms. The molecule has 1 aliphatic carbocycles. The summed E-state index contributed by atoms with van der Waals surface area (Å²) in [6.45, 7) is 4.75. The van der Waals surface area contributed by atoms with Crippen LogP contribution in [0.5, 0.6) is 0 Å². The Labute approximate surface area is 291 Å². The van der Waals surface area contributed by atoms with Gasteiger partial charge in [0.25, 0.3) is 0 Å². The van der Waals surface area contributed by atoms with Crippen LogP contribution >= 0.6 is 0 Å². The smallest absolute Gasteiger partial charge is 0.0547 e. The van der Waals surface area contributed by atoms with Crippen LogP contribution in [0.3, 0.4) is 0 Å². The fraction of sp³-hybridized carbons (Fsp3) is 0.0612. The van der Waals surface area contributed by atoms with Crippen molar-refractivity contribution < 1.29 is 0 Å². The molecule has 0 amide bonds. The maximum Gasteiger partial charge on any atom is 0.0547 e. The van der Waals surface area contributed by atoms with Gasteiger partial charge in [-0.1, -0.05) is 147 Å². The minimum absolute atomic E-state index is 0.0778. The zero-order valence-corrected chi connectivity index (χ0v) is 28.0. The monoisotopic (exact) mass is 635 g/mol. The Kier molecular flexibility index (Phi) is 5.51. The van der Waals surface area contributed by atoms with Gasteiger partial charge in [-0.3, -0.25) is 0 Å². The van der Waals surface area contributed by atoms with Gasteiger partial charge in [0.15, 0.2) is 0 Å². The molecular weight excluding hydrogens is 603 g/mol. The van der Waals surface area contributed by atoms with Crippen LogP contribution < -0.4 is 0 Å². The van der Waals surface area contributed by atoms with E-state index in [1.807, 2.05) is 0 Å². The molecule has 9 aromatic carbocycles. The van der Waals surface area contributed by atoms with Crippen LogP contribution in [-0.2, 0) is 5.41 Å². The van der Waals surface area contributed by atoms with E-state index in [1.54, 1.807) is 0 Å². The molecule has 0 saturated carbocycles. The predicted molar refractivity (Wildman–Crippen MR) is 213 cm³/mol. The van der Waals surface area contributed by atoms with Crippen molar-refractivity contribution in [3.05, 3.63) is 175 Å². The lowest BCUT2D eigenvalue weighted by Gasteiger charge is -2.21. The first-order valence-electron chi connectivity index (χ1n) is 17.6. The number of benzene rings is 9. The highest BCUT2D eigenvalue weighted by Crippen LogP contribution is 2.52. The molecule has 1 aromatic heterocycles. The fourth-order valence-electron chi connectivity index (χ4n) is 9.25. The van der Waals surface area contributed by atoms with Gasteiger partial charge in [-0.15, -0.1) is 0 Å². The SMILES string of the molecule is CC1(C)c2ccccc2-c2cc3c4c(-c5ccc6ccc7c(-c8ccccc8)ccc8ccc5c6c87)cccc4n(-c4ccccc4)c3cc21. The van der Waals surface area contributed by atoms with Crippen LogP contribution in [-0.4, -0.2) is 4.57 Å². The van der Waals surface area contributed by atoms with Gasteiger partial charge in [-0.05, 0) is 107 Å². The number of aromatic nitrogens is 1. The summed E-state index contributed by atoms with van der Waals surface area (Å²) in [7, 11) is 0. The molecular formula is C49H33N. The van der Waals surface area contributed by atoms with E-state index < -0.39 is 0 Å². The Morgan fingerprint density at radius 3 is 1.76 bits per heavy atom. The van der Waals surface area contributed by atoms with Crippen molar-refractivity contribution in [2.24, 2.45) is 0 Å². The van der Waals surface area contributed by atoms with Crippen molar-refractivity contribution in [3.8, 4) is 39.1 Å². The lowest BCUT2D eigenvalue weighted by Crippen LogP contribution is -2.14. The normalized spacial score (nSPS) is 13.6. The largest absolute Gasteiger partial charge is 0.309 e. The van der Waals surface area contributed by atoms with E-state index in [-0.39, 0.29) is 5.41 Å². The quantitative estimate of drug-likeness (QED) is 0.170. The average Bonchev–Trinajstić information content (AvgIpc) is 3.61. The number of hydrogen-bond donors (Lipinski definition) is 0. The lowest BCUT2D eigenvalue weighted by molar-refractivity contribution is 0.661. The summed E-state index contributed by atoms with van der Waals surface area (Å²) < 4.78 is 2.48. The average molecular weight is 636 g/mol. The highest BCUT2D eigenvalue weighted by atomic mass is 15.0. The van der Waals surface area contributed by atoms with E-state index in [0.717, 1.165) is 0 Å². The third-order valence-electron chi connectivity index (χ3n) is 11.5. The van der Waals surface area contributed by atoms with Crippen LogP contribution in [0.25, 0.3) is 93.2 Å². The van der Waals surface area contributed by atoms with Gasteiger partial charge in [0.1, 0.15) is 0 Å². The van der Waals surface area contributed by atoms with Gasteiger partial charge in [0.05, 0.1) is 11.0 Å². The predicted octanol–water partition coefficient (Wildman–Crippen LogP) is 13.3. The maximum atomic E-state index is 2.49. The summed E-state index contributed by atoms with van der Waals surface area (Å²) in [5.74, 6) is 0. The number of rotatable bonds is 3. The topological polar surface area (TPSA) is 4.93 Å². The first kappa shape index (κ1) is 27.7. The van der Waals surface area contributed by atoms with Crippen molar-refractivity contribution in [2.75, 3.05) is 0 Å². The summed E-state index contributed by atoms with van der Waals surface area (Å²) in [4.78, 5) is 0. The van der Waals surface area contributed by atoms with Crippen LogP contribution in [0.15, 0.2) is 164 Å². The second-order valence-electron chi connectivity index (χ2n) is 14.5. The van der Waals surface area contributed by atoms with Crippen LogP contribution in [0.2, 0.25) is 0 Å². The number of nitrogens with zero attached hydrogens (tertiary/aromatic N) is 1. The van der Waals surface area contributed by atoms with Gasteiger partial charge in [0, 0.05) is 21.9 Å². The first-order valence-corrected chi connectivity index (χ1v) is 17.6. The zero-order valence-electron chi connectivity index (χ0n) is 28.0. The Balaban J connectivity index is 1.26. The molecule has 1 heteroatoms. The molecule has 1 nitrogen and oxygen atoms in total. The number of hydrogen-bond acceptors (Lipinski definition) is 0. The van der Waals surface area contributed by atoms with Crippen LogP contribution in [0, 0.1) is 0 Å². The van der Waals surface area contributed by atoms with Gasteiger partial charge < -0.3 is 4.57 Å². The molecule has 0 radical (unpaired) electrons. The van der Waals surface area contributed by atoms with Crippen molar-refractivity contribution in [2.45, 2.75) is 19.3 Å². The molecule has 0 aliphatic heterocycles. The molecule has 10 aromatic rings. The van der Waals surface area contributed by atoms with Crippen molar-refractivity contribution in [3.63, 3.8) is 0 Å². The van der Waals surface area contributed by atoms with E-state index in [0.29, 0.717) is 0 Å². The number of para-hydroxylation sites is 1. The lowest BCUT2D eigenvalue weighted by atomic mass is 9.82. The standard InChI is InChI=1S/C49H33N/c1-49(2)42-18-10-9-16-36(42)40-28-41-45(29-43(40)49)50(33-14-7-4-8-15-33)44-19-11-17-37(48(41)44)35-25-21-32-22-26-38-34(30-12-5-3-6-13-30)24-20-31-23-27-39(35)47(32)46(31)38/h3-29H,1-2H3. The molecule has 1 aliphatic rings. The van der Waals surface area contributed by atoms with Crippen LogP contribution in [0.4, 0.5) is 0 Å². The molecule has 11 rings (SSSR count). The summed E-state index contributed by atoms with van der Waals surface area (Å²) in [6, 6.07) is 61.1. The molecule has 0 atom stereocenters. The van der Waals surface area contributed by atoms with E-state index in [9.17, 15) is 0 Å². The molecule has 0 N–H and O–H groups in total. The Morgan fingerprint density at radius 2 is 1.00 bits per heavy atom. The fourth-order valence-corrected chi connectivity index (χ4v) is 9.25. The molecule has 0 saturated heterocycles. The Hall–Kier alpha value is -6.18. The summed E-state index contributed by atoms with van der Waals surface area (Å²) in [5, 5.41) is 10.5. The van der Waals surface area contributed by atoms with E-state index in [4.69, 9.17) is 0 Å². The minimum atomic E-state index is -0.0778. The van der Waals surface area contributed by atoms with E-state index >= 15 is 0 Å². The summed E-state index contributed by atoms with van der Waals surface area (Å²) in [5.41, 5.74) is 14.2. The summed E-state index contributed by atoms with van der Waals surface area (Å²) >= 11 is 0. The second-order valence-corrected chi connectivity index (χ2v) is 14.5. The van der Waals surface area contributed by atoms with Gasteiger partial charge in [0.2, 0.25) is 0 Å². The Morgan fingerprint density at radius 1 is 0.380 bits per heavy atom. The third kappa shape index (κ3) is 3.62. The minimum Gasteiger partial charge on any atom is -0.309 e. The van der Waals surface area contributed by atoms with Crippen LogP contribution in [0.1, 0.15) is 25.0 Å². The second kappa shape index (κ2) is 9.94. The highest BCUT2D eigenvalue weighted by Gasteiger charge is 2.36. The van der Waals surface area contributed by atoms with E-state index in [2.05, 4.69) is 182 Å². The van der Waals surface area contributed by atoms with Crippen molar-refractivity contribution >= 4 is 54.1 Å². The zero-order chi connectivity index (χ0) is 33.1. The van der Waals surface area contributed by atoms with E-state index in [1.165, 1.54) is 104 Å². The van der Waals surface area contributed by atoms with Crippen molar-refractivity contribution in [1.82, 2.24) is 4.57 Å². The number of fused-ring (bicyclic) bond motifs is 6. The first-order chi connectivity index (χ1) is 24.6. The third-order valence-corrected chi connectivity index (χ3v) is 11.5. The van der Waals surface area contributed by atoms with Crippen molar-refractivity contribution in [1.29, 1.82) is 0 Å². The maximum absolute atomic E-state index is 2.49. The van der Waals surface area contributed by atoms with Gasteiger partial charge in [-0.25, -0.2) is 0 Å². The molecule has 234 valence electrons. The molecule has 0 fully saturated rings. The van der Waals surface area contributed by atoms with Gasteiger partial charge in [-0.2, -0.15) is 0 Å². The molecule has 1 heterocycles. The molecule has 0 unspecified atom stereocenters. The summed E-state index contributed by atoms with van der Waals surface area (Å²) in [6.07, 6.45) is 0. The van der Waals surface area contributed by atoms with Gasteiger partial charge >= 0.3 is 0 Å². The molecule has 0 spiro atoms. The molecule has 0 bridgehead atoms.